The third kappa shape index (κ3) is 17.6. The molecule has 0 heterocycles. The molecule has 0 saturated carbocycles. The van der Waals surface area contributed by atoms with Crippen LogP contribution in [0.5, 0.6) is 0 Å². The van der Waals surface area contributed by atoms with Gasteiger partial charge in [-0.25, -0.2) is 0 Å². The van der Waals surface area contributed by atoms with Crippen molar-refractivity contribution < 1.29 is 39.8 Å². The molecule has 51 heavy (non-hydrogen) atoms. The van der Waals surface area contributed by atoms with E-state index in [0.29, 0.717) is 5.54 Å². The maximum atomic E-state index is 5.87. The van der Waals surface area contributed by atoms with Crippen molar-refractivity contribution in [3.8, 4) is 0 Å². The Bertz CT molecular complexity index is 773. The molecule has 0 radical (unpaired) electrons. The first-order valence-corrected chi connectivity index (χ1v) is 32.1. The van der Waals surface area contributed by atoms with Gasteiger partial charge in [0.2, 0.25) is 0 Å². The van der Waals surface area contributed by atoms with Gasteiger partial charge >= 0.3 is 26.4 Å². The molecule has 0 aliphatic heterocycles. The molecule has 0 aromatic rings. The highest BCUT2D eigenvalue weighted by Gasteiger charge is 2.44. The van der Waals surface area contributed by atoms with Crippen molar-refractivity contribution in [2.24, 2.45) is 0 Å². The number of unbranched alkanes of at least 4 members (excludes halogenated alkanes) is 3. The Morgan fingerprint density at radius 3 is 0.863 bits per heavy atom. The van der Waals surface area contributed by atoms with Gasteiger partial charge in [0.25, 0.3) is 0 Å². The quantitative estimate of drug-likeness (QED) is 0.0574. The number of hydrogen-bond donors (Lipinski definition) is 0. The summed E-state index contributed by atoms with van der Waals surface area (Å²) in [6.07, 6.45) is 17.8. The Labute approximate surface area is 322 Å². The van der Waals surface area contributed by atoms with E-state index in [1.807, 2.05) is 0 Å². The molecule has 0 rings (SSSR count). The van der Waals surface area contributed by atoms with Crippen LogP contribution in [0.3, 0.4) is 0 Å². The lowest BCUT2D eigenvalue weighted by Gasteiger charge is -2.40. The first-order chi connectivity index (χ1) is 24.4. The van der Waals surface area contributed by atoms with E-state index < -0.39 is 42.6 Å². The van der Waals surface area contributed by atoms with E-state index in [4.69, 9.17) is 39.8 Å². The van der Waals surface area contributed by atoms with Crippen molar-refractivity contribution in [2.45, 2.75) is 177 Å². The molecular formula is C37H86O9Si5. The van der Waals surface area contributed by atoms with Crippen molar-refractivity contribution in [3.05, 3.63) is 0 Å². The van der Waals surface area contributed by atoms with E-state index in [9.17, 15) is 0 Å². The number of hydrogen-bond acceptors (Lipinski definition) is 9. The number of rotatable bonds is 36. The monoisotopic (exact) mass is 815 g/mol. The van der Waals surface area contributed by atoms with Gasteiger partial charge < -0.3 is 39.8 Å². The summed E-state index contributed by atoms with van der Waals surface area (Å²) in [5.74, 6) is 0. The zero-order valence-electron chi connectivity index (χ0n) is 36.2. The second kappa shape index (κ2) is 28.2. The summed E-state index contributed by atoms with van der Waals surface area (Å²) in [6, 6.07) is 7.94. The summed E-state index contributed by atoms with van der Waals surface area (Å²) in [7, 11) is 4.40. The lowest BCUT2D eigenvalue weighted by molar-refractivity contribution is 0.122. The fourth-order valence-corrected chi connectivity index (χ4v) is 24.6. The maximum Gasteiger partial charge on any atom is 0.500 e. The molecule has 0 amide bonds. The molecule has 2 atom stereocenters. The zero-order chi connectivity index (χ0) is 38.9. The Hall–Kier alpha value is 0.724. The van der Waals surface area contributed by atoms with Gasteiger partial charge in [0.05, 0.1) is 16.1 Å². The topological polar surface area (TPSA) is 83.1 Å². The first-order valence-electron chi connectivity index (χ1n) is 20.3. The molecule has 0 bridgehead atoms. The van der Waals surface area contributed by atoms with Gasteiger partial charge in [0.15, 0.2) is 0 Å². The van der Waals surface area contributed by atoms with Gasteiger partial charge in [0.1, 0.15) is 0 Å². The summed E-state index contributed by atoms with van der Waals surface area (Å²) in [5, 5.41) is 0. The van der Waals surface area contributed by atoms with E-state index in [1.54, 1.807) is 64.0 Å². The van der Waals surface area contributed by atoms with E-state index in [2.05, 4.69) is 33.9 Å². The minimum atomic E-state index is -2.66. The molecule has 0 aromatic carbocycles. The second-order valence-electron chi connectivity index (χ2n) is 15.5. The van der Waals surface area contributed by atoms with Crippen molar-refractivity contribution >= 4 is 42.6 Å². The zero-order valence-corrected chi connectivity index (χ0v) is 41.2. The first kappa shape index (κ1) is 51.7. The van der Waals surface area contributed by atoms with Crippen LogP contribution in [0.25, 0.3) is 0 Å². The van der Waals surface area contributed by atoms with Gasteiger partial charge in [-0.05, 0) is 17.5 Å². The fraction of sp³-hybridized carbons (Fsp3) is 1.00. The van der Waals surface area contributed by atoms with Crippen molar-refractivity contribution in [1.29, 1.82) is 0 Å². The van der Waals surface area contributed by atoms with Gasteiger partial charge in [-0.15, -0.1) is 0 Å². The molecule has 0 spiro atoms. The highest BCUT2D eigenvalue weighted by atomic mass is 28.4. The molecule has 0 fully saturated rings. The van der Waals surface area contributed by atoms with Gasteiger partial charge in [-0.3, -0.25) is 0 Å². The Kier molecular flexibility index (Phi) is 28.6. The molecule has 0 N–H and O–H groups in total. The van der Waals surface area contributed by atoms with Crippen LogP contribution in [-0.4, -0.2) is 107 Å². The summed E-state index contributed by atoms with van der Waals surface area (Å²) in [4.78, 5) is 0. The fourth-order valence-electron chi connectivity index (χ4n) is 8.62. The lowest BCUT2D eigenvalue weighted by Crippen LogP contribution is -2.45. The smallest absolute Gasteiger partial charge is 0.377 e. The molecule has 0 aliphatic carbocycles. The SMILES string of the molecule is CCCCC(CCCC(CCC[Si](OC)(OC)OC)[Si](C)(CCC[Si](OC)(OC)OC)CCC[Si](OC)(OC)OC)[Si](C)(CCCC)CCCC. The van der Waals surface area contributed by atoms with Crippen LogP contribution >= 0.6 is 0 Å². The lowest BCUT2D eigenvalue weighted by atomic mass is 10.1. The Balaban J connectivity index is 6.58. The molecule has 0 aliphatic rings. The van der Waals surface area contributed by atoms with Gasteiger partial charge in [-0.2, -0.15) is 0 Å². The molecule has 2 unspecified atom stereocenters. The standard InChI is InChI=1S/C37H86O9Si5/c1-15-18-25-36(47(13,29-19-16-2)30-20-17-3)26-21-27-37(28-22-33-49(38-4,39-5)40-6)48(14,31-23-34-50(41-7,42-8)43-9)32-24-35-51(44-10,45-11)46-12/h36-37H,15-35H2,1-14H3. The van der Waals surface area contributed by atoms with E-state index in [1.165, 1.54) is 94.8 Å². The summed E-state index contributed by atoms with van der Waals surface area (Å²) in [5.41, 5.74) is 1.60. The predicted octanol–water partition coefficient (Wildman–Crippen LogP) is 11.0. The molecular weight excluding hydrogens is 729 g/mol. The maximum absolute atomic E-state index is 5.87. The Morgan fingerprint density at radius 1 is 0.314 bits per heavy atom. The van der Waals surface area contributed by atoms with Crippen molar-refractivity contribution in [3.63, 3.8) is 0 Å². The third-order valence-corrected chi connectivity index (χ3v) is 32.1. The van der Waals surface area contributed by atoms with Crippen LogP contribution in [0.4, 0.5) is 0 Å². The van der Waals surface area contributed by atoms with Crippen LogP contribution in [0, 0.1) is 0 Å². The van der Waals surface area contributed by atoms with Gasteiger partial charge in [0, 0.05) is 82.1 Å². The normalized spacial score (nSPS) is 14.7. The van der Waals surface area contributed by atoms with Crippen LogP contribution < -0.4 is 0 Å². The molecule has 308 valence electrons. The molecule has 9 nitrogen and oxygen atoms in total. The van der Waals surface area contributed by atoms with Crippen LogP contribution in [0.15, 0.2) is 0 Å². The van der Waals surface area contributed by atoms with E-state index >= 15 is 0 Å². The average molecular weight is 816 g/mol. The molecule has 0 saturated heterocycles. The van der Waals surface area contributed by atoms with E-state index in [0.717, 1.165) is 42.9 Å². The Morgan fingerprint density at radius 2 is 0.569 bits per heavy atom. The summed E-state index contributed by atoms with van der Waals surface area (Å²) in [6.45, 7) is 12.6. The summed E-state index contributed by atoms with van der Waals surface area (Å²) >= 11 is 0. The summed E-state index contributed by atoms with van der Waals surface area (Å²) < 4.78 is 52.8. The minimum absolute atomic E-state index is 0.674. The van der Waals surface area contributed by atoms with Crippen LogP contribution in [0.2, 0.25) is 66.5 Å². The minimum Gasteiger partial charge on any atom is -0.377 e. The van der Waals surface area contributed by atoms with E-state index in [-0.39, 0.29) is 0 Å². The molecule has 14 heteroatoms. The van der Waals surface area contributed by atoms with Crippen molar-refractivity contribution in [1.82, 2.24) is 0 Å². The van der Waals surface area contributed by atoms with Crippen LogP contribution in [-0.2, 0) is 39.8 Å². The largest absolute Gasteiger partial charge is 0.500 e. The van der Waals surface area contributed by atoms with Gasteiger partial charge in [-0.1, -0.05) is 142 Å². The predicted molar refractivity (Wildman–Crippen MR) is 226 cm³/mol. The van der Waals surface area contributed by atoms with Crippen LogP contribution in [0.1, 0.15) is 111 Å². The third-order valence-electron chi connectivity index (χ3n) is 12.5. The van der Waals surface area contributed by atoms with Crippen molar-refractivity contribution in [2.75, 3.05) is 64.0 Å². The second-order valence-corrected chi connectivity index (χ2v) is 35.0. The highest BCUT2D eigenvalue weighted by molar-refractivity contribution is 6.80. The average Bonchev–Trinajstić information content (AvgIpc) is 3.16. The highest BCUT2D eigenvalue weighted by Crippen LogP contribution is 2.45. The molecule has 0 aromatic heterocycles.